The molecule has 0 unspecified atom stereocenters. The highest BCUT2D eigenvalue weighted by molar-refractivity contribution is 7.97. The van der Waals surface area contributed by atoms with Crippen LogP contribution in [0.3, 0.4) is 0 Å². The monoisotopic (exact) mass is 766 g/mol. The standard InChI is InChI=1S/C21H21O3S.C8HF15O2/c1-22-16-4-10-19(11-5-16)25(20-12-6-17(23-2)7-13-20)21-14-8-18(24-3)9-15-21;9-2(10,1(24)25)3(11,12)4(13,14)5(15,16)6(17,18)7(19,20)8(21,22)23/h4-15H,1-3H3;(H,24,25)/q+1;/p-1. The maximum Gasteiger partial charge on any atom is 0.460 e. The lowest BCUT2D eigenvalue weighted by atomic mass is 9.91. The van der Waals surface area contributed by atoms with Crippen LogP contribution in [0.25, 0.3) is 0 Å². The Balaban J connectivity index is 0.000000347. The second-order valence-corrected chi connectivity index (χ2v) is 11.6. The lowest BCUT2D eigenvalue weighted by molar-refractivity contribution is -0.454. The molecule has 0 aliphatic rings. The molecule has 0 radical (unpaired) electrons. The summed E-state index contributed by atoms with van der Waals surface area (Å²) in [6.07, 6.45) is -7.71. The Hall–Kier alpha value is -4.17. The lowest BCUT2D eigenvalue weighted by Crippen LogP contribution is -2.74. The van der Waals surface area contributed by atoms with E-state index in [4.69, 9.17) is 14.2 Å². The molecule has 0 bridgehead atoms. The molecule has 0 atom stereocenters. The molecule has 5 nitrogen and oxygen atoms in total. The van der Waals surface area contributed by atoms with E-state index in [1.165, 1.54) is 14.7 Å². The third kappa shape index (κ3) is 7.46. The average molecular weight is 767 g/mol. The first kappa shape index (κ1) is 42.0. The van der Waals surface area contributed by atoms with E-state index in [0.29, 0.717) is 0 Å². The average Bonchev–Trinajstić information content (AvgIpc) is 3.05. The second-order valence-electron chi connectivity index (χ2n) is 9.56. The first-order valence-electron chi connectivity index (χ1n) is 12.9. The van der Waals surface area contributed by atoms with Crippen molar-refractivity contribution in [2.24, 2.45) is 0 Å². The molecule has 0 aliphatic carbocycles. The second kappa shape index (κ2) is 14.6. The third-order valence-corrected chi connectivity index (χ3v) is 8.70. The molecule has 3 aromatic rings. The van der Waals surface area contributed by atoms with E-state index in [1.54, 1.807) is 21.3 Å². The Morgan fingerprint density at radius 1 is 0.460 bits per heavy atom. The zero-order chi connectivity index (χ0) is 38.7. The molecule has 278 valence electrons. The fraction of sp³-hybridized carbons (Fsp3) is 0.345. The number of carbonyl (C=O) groups is 1. The molecular formula is C29H21F15O5S. The number of methoxy groups -OCH3 is 3. The predicted octanol–water partition coefficient (Wildman–Crippen LogP) is 7.92. The summed E-state index contributed by atoms with van der Waals surface area (Å²) in [7, 11) is 4.83. The number of hydrogen-bond donors (Lipinski definition) is 0. The van der Waals surface area contributed by atoms with Crippen LogP contribution in [0.15, 0.2) is 87.5 Å². The van der Waals surface area contributed by atoms with E-state index in [1.807, 2.05) is 36.4 Å². The summed E-state index contributed by atoms with van der Waals surface area (Å²) < 4.78 is 202. The van der Waals surface area contributed by atoms with Crippen LogP contribution in [0.4, 0.5) is 65.9 Å². The lowest BCUT2D eigenvalue weighted by Gasteiger charge is -2.41. The van der Waals surface area contributed by atoms with Gasteiger partial charge in [-0.3, -0.25) is 0 Å². The SMILES string of the molecule is COc1ccc([S+](c2ccc(OC)cc2)c2ccc(OC)cc2)cc1.O=C([O-])C(F)(F)C(F)(F)C(F)(F)C(F)(F)C(F)(F)C(F)(F)C(F)(F)F. The molecule has 0 amide bonds. The number of carboxylic acid groups (broad SMARTS) is 1. The Morgan fingerprint density at radius 3 is 0.920 bits per heavy atom. The van der Waals surface area contributed by atoms with Crippen LogP contribution >= 0.6 is 0 Å². The summed E-state index contributed by atoms with van der Waals surface area (Å²) in [5.41, 5.74) is 0. The normalized spacial score (nSPS) is 13.3. The molecular weight excluding hydrogens is 745 g/mol. The van der Waals surface area contributed by atoms with Gasteiger partial charge >= 0.3 is 41.7 Å². The largest absolute Gasteiger partial charge is 0.544 e. The van der Waals surface area contributed by atoms with Crippen molar-refractivity contribution in [2.75, 3.05) is 21.3 Å². The fourth-order valence-electron chi connectivity index (χ4n) is 3.64. The quantitative estimate of drug-likeness (QED) is 0.139. The highest BCUT2D eigenvalue weighted by Crippen LogP contribution is 2.62. The predicted molar refractivity (Wildman–Crippen MR) is 142 cm³/mol. The van der Waals surface area contributed by atoms with Gasteiger partial charge in [0.05, 0.1) is 32.2 Å². The molecule has 3 rings (SSSR count). The number of carboxylic acids is 1. The molecule has 0 saturated heterocycles. The van der Waals surface area contributed by atoms with E-state index in [9.17, 15) is 75.8 Å². The van der Waals surface area contributed by atoms with Gasteiger partial charge in [0, 0.05) is 0 Å². The topological polar surface area (TPSA) is 67.8 Å². The van der Waals surface area contributed by atoms with Gasteiger partial charge in [-0.05, 0) is 72.8 Å². The van der Waals surface area contributed by atoms with Gasteiger partial charge in [0.15, 0.2) is 14.7 Å². The van der Waals surface area contributed by atoms with Crippen LogP contribution < -0.4 is 19.3 Å². The van der Waals surface area contributed by atoms with Gasteiger partial charge in [0.25, 0.3) is 0 Å². The first-order chi connectivity index (χ1) is 22.7. The molecule has 0 saturated carbocycles. The van der Waals surface area contributed by atoms with Gasteiger partial charge in [-0.1, -0.05) is 0 Å². The molecule has 21 heteroatoms. The van der Waals surface area contributed by atoms with Crippen LogP contribution in [-0.2, 0) is 15.7 Å². The molecule has 0 spiro atoms. The Morgan fingerprint density at radius 2 is 0.700 bits per heavy atom. The highest BCUT2D eigenvalue weighted by Gasteiger charge is 2.93. The van der Waals surface area contributed by atoms with Crippen LogP contribution in [0.2, 0.25) is 0 Å². The fourth-order valence-corrected chi connectivity index (χ4v) is 5.68. The van der Waals surface area contributed by atoms with Crippen LogP contribution in [0, 0.1) is 0 Å². The Kier molecular flexibility index (Phi) is 12.3. The van der Waals surface area contributed by atoms with Crippen molar-refractivity contribution in [3.05, 3.63) is 72.8 Å². The first-order valence-corrected chi connectivity index (χ1v) is 14.1. The summed E-state index contributed by atoms with van der Waals surface area (Å²) in [6, 6.07) is 24.7. The Bertz CT molecular complexity index is 1470. The van der Waals surface area contributed by atoms with Gasteiger partial charge in [-0.2, -0.15) is 65.9 Å². The van der Waals surface area contributed by atoms with E-state index >= 15 is 0 Å². The number of ether oxygens (including phenoxy) is 3. The maximum absolute atomic E-state index is 12.8. The third-order valence-electron chi connectivity index (χ3n) is 6.47. The van der Waals surface area contributed by atoms with E-state index < -0.39 is 47.7 Å². The molecule has 50 heavy (non-hydrogen) atoms. The van der Waals surface area contributed by atoms with E-state index in [-0.39, 0.29) is 10.9 Å². The minimum absolute atomic E-state index is 0.212. The van der Waals surface area contributed by atoms with Gasteiger partial charge in [-0.15, -0.1) is 0 Å². The van der Waals surface area contributed by atoms with Crippen molar-refractivity contribution >= 4 is 16.9 Å². The molecule has 0 fully saturated rings. The summed E-state index contributed by atoms with van der Waals surface area (Å²) in [6.45, 7) is 0. The van der Waals surface area contributed by atoms with Crippen LogP contribution in [-0.4, -0.2) is 69.0 Å². The summed E-state index contributed by atoms with van der Waals surface area (Å²) in [4.78, 5) is 13.3. The minimum Gasteiger partial charge on any atom is -0.544 e. The van der Waals surface area contributed by atoms with Crippen molar-refractivity contribution in [1.82, 2.24) is 0 Å². The zero-order valence-electron chi connectivity index (χ0n) is 25.0. The van der Waals surface area contributed by atoms with Gasteiger partial charge < -0.3 is 24.1 Å². The van der Waals surface area contributed by atoms with Crippen molar-refractivity contribution in [3.8, 4) is 17.2 Å². The number of carbonyl (C=O) groups excluding carboxylic acids is 1. The molecule has 3 aromatic carbocycles. The highest BCUT2D eigenvalue weighted by atomic mass is 32.2. The van der Waals surface area contributed by atoms with Crippen LogP contribution in [0.1, 0.15) is 0 Å². The van der Waals surface area contributed by atoms with Crippen molar-refractivity contribution < 1.29 is 90.0 Å². The zero-order valence-corrected chi connectivity index (χ0v) is 25.9. The summed E-state index contributed by atoms with van der Waals surface area (Å²) >= 11 is 0. The van der Waals surface area contributed by atoms with Gasteiger partial charge in [-0.25, -0.2) is 0 Å². The molecule has 0 heterocycles. The summed E-state index contributed by atoms with van der Waals surface area (Å²) in [5, 5.41) is 9.61. The van der Waals surface area contributed by atoms with Gasteiger partial charge in [0.1, 0.15) is 23.2 Å². The Labute approximate surface area is 274 Å². The van der Waals surface area contributed by atoms with Crippen molar-refractivity contribution in [2.45, 2.75) is 56.4 Å². The van der Waals surface area contributed by atoms with Crippen LogP contribution in [0.5, 0.6) is 17.2 Å². The number of aliphatic carboxylic acids is 1. The van der Waals surface area contributed by atoms with Crippen molar-refractivity contribution in [1.29, 1.82) is 0 Å². The number of rotatable bonds is 12. The van der Waals surface area contributed by atoms with Crippen molar-refractivity contribution in [3.63, 3.8) is 0 Å². The minimum atomic E-state index is -8.50. The number of halogens is 15. The molecule has 0 aliphatic heterocycles. The maximum atomic E-state index is 12.8. The molecule has 0 aromatic heterocycles. The van der Waals surface area contributed by atoms with E-state index in [2.05, 4.69) is 36.4 Å². The number of benzene rings is 3. The number of hydrogen-bond acceptors (Lipinski definition) is 5. The smallest absolute Gasteiger partial charge is 0.460 e. The number of alkyl halides is 15. The summed E-state index contributed by atoms with van der Waals surface area (Å²) in [5.74, 6) is -50.8. The van der Waals surface area contributed by atoms with E-state index in [0.717, 1.165) is 17.2 Å². The van der Waals surface area contributed by atoms with Gasteiger partial charge in [0.2, 0.25) is 0 Å². The molecule has 0 N–H and O–H groups in total.